The first-order chi connectivity index (χ1) is 11.9. The molecule has 4 atom stereocenters. The molecule has 0 spiro atoms. The summed E-state index contributed by atoms with van der Waals surface area (Å²) < 4.78 is 0. The smallest absolute Gasteiger partial charge is 0.240 e. The second kappa shape index (κ2) is 7.34. The van der Waals surface area contributed by atoms with Gasteiger partial charge in [-0.25, -0.2) is 0 Å². The SMILES string of the molecule is C[C@@H](N)C(=O)N1[C@@H]([C@H](C)N2CCCC2=O)CC[C@H]1c1cccc(Cl)c1. The van der Waals surface area contributed by atoms with Gasteiger partial charge in [-0.1, -0.05) is 23.7 Å². The highest BCUT2D eigenvalue weighted by molar-refractivity contribution is 6.30. The lowest BCUT2D eigenvalue weighted by Crippen LogP contribution is -2.53. The summed E-state index contributed by atoms with van der Waals surface area (Å²) in [4.78, 5) is 28.9. The van der Waals surface area contributed by atoms with Crippen LogP contribution in [-0.4, -0.2) is 46.3 Å². The van der Waals surface area contributed by atoms with Gasteiger partial charge in [-0.05, 0) is 50.8 Å². The Labute approximate surface area is 154 Å². The molecule has 2 aliphatic rings. The molecule has 5 nitrogen and oxygen atoms in total. The van der Waals surface area contributed by atoms with Crippen LogP contribution < -0.4 is 5.73 Å². The zero-order valence-electron chi connectivity index (χ0n) is 14.8. The topological polar surface area (TPSA) is 66.6 Å². The minimum Gasteiger partial charge on any atom is -0.338 e. The normalized spacial score (nSPS) is 26.2. The predicted molar refractivity (Wildman–Crippen MR) is 98.1 cm³/mol. The standard InChI is InChI=1S/C19H26ClN3O2/c1-12(21)19(25)23-16(13(2)22-10-4-7-18(22)24)8-9-17(23)14-5-3-6-15(20)11-14/h3,5-6,11-13,16-17H,4,7-10,21H2,1-2H3/t12-,13+,16-,17+/m1/s1. The van der Waals surface area contributed by atoms with Gasteiger partial charge in [0.2, 0.25) is 11.8 Å². The third-order valence-electron chi connectivity index (χ3n) is 5.46. The molecule has 1 aromatic rings. The first-order valence-corrected chi connectivity index (χ1v) is 9.40. The molecular weight excluding hydrogens is 338 g/mol. The Bertz CT molecular complexity index is 664. The summed E-state index contributed by atoms with van der Waals surface area (Å²) in [6, 6.07) is 7.05. The van der Waals surface area contributed by atoms with Crippen LogP contribution in [-0.2, 0) is 9.59 Å². The Balaban J connectivity index is 1.90. The lowest BCUT2D eigenvalue weighted by atomic mass is 10.0. The van der Waals surface area contributed by atoms with Gasteiger partial charge in [0, 0.05) is 24.0 Å². The lowest BCUT2D eigenvalue weighted by Gasteiger charge is -2.38. The van der Waals surface area contributed by atoms with E-state index in [2.05, 4.69) is 6.92 Å². The summed E-state index contributed by atoms with van der Waals surface area (Å²) in [6.45, 7) is 4.55. The highest BCUT2D eigenvalue weighted by Crippen LogP contribution is 2.40. The van der Waals surface area contributed by atoms with Crippen LogP contribution in [0.2, 0.25) is 5.02 Å². The molecule has 2 heterocycles. The molecule has 0 saturated carbocycles. The van der Waals surface area contributed by atoms with Crippen molar-refractivity contribution in [2.75, 3.05) is 6.54 Å². The Hall–Kier alpha value is -1.59. The van der Waals surface area contributed by atoms with E-state index in [0.717, 1.165) is 31.4 Å². The van der Waals surface area contributed by atoms with Crippen LogP contribution in [0.5, 0.6) is 0 Å². The Morgan fingerprint density at radius 2 is 2.08 bits per heavy atom. The van der Waals surface area contributed by atoms with E-state index in [4.69, 9.17) is 17.3 Å². The summed E-state index contributed by atoms with van der Waals surface area (Å²) in [5.41, 5.74) is 6.96. The van der Waals surface area contributed by atoms with Crippen molar-refractivity contribution in [2.24, 2.45) is 5.73 Å². The number of halogens is 1. The van der Waals surface area contributed by atoms with Gasteiger partial charge in [-0.15, -0.1) is 0 Å². The third-order valence-corrected chi connectivity index (χ3v) is 5.70. The number of carbonyl (C=O) groups is 2. The first-order valence-electron chi connectivity index (χ1n) is 9.03. The molecule has 3 rings (SSSR count). The van der Waals surface area contributed by atoms with Gasteiger partial charge < -0.3 is 15.5 Å². The molecular formula is C19H26ClN3O2. The van der Waals surface area contributed by atoms with E-state index < -0.39 is 6.04 Å². The largest absolute Gasteiger partial charge is 0.338 e. The third kappa shape index (κ3) is 3.53. The maximum absolute atomic E-state index is 12.9. The Morgan fingerprint density at radius 3 is 2.68 bits per heavy atom. The molecule has 2 amide bonds. The van der Waals surface area contributed by atoms with Crippen LogP contribution in [0, 0.1) is 0 Å². The number of amides is 2. The van der Waals surface area contributed by atoms with E-state index in [1.807, 2.05) is 34.1 Å². The number of benzene rings is 1. The van der Waals surface area contributed by atoms with Gasteiger partial charge in [0.15, 0.2) is 0 Å². The first kappa shape index (κ1) is 18.2. The predicted octanol–water partition coefficient (Wildman–Crippen LogP) is 2.73. The molecule has 25 heavy (non-hydrogen) atoms. The second-order valence-electron chi connectivity index (χ2n) is 7.18. The summed E-state index contributed by atoms with van der Waals surface area (Å²) in [5.74, 6) is 0.123. The molecule has 0 bridgehead atoms. The van der Waals surface area contributed by atoms with Crippen molar-refractivity contribution in [3.8, 4) is 0 Å². The highest BCUT2D eigenvalue weighted by atomic mass is 35.5. The van der Waals surface area contributed by atoms with Gasteiger partial charge in [0.1, 0.15) is 0 Å². The van der Waals surface area contributed by atoms with E-state index in [-0.39, 0.29) is 29.9 Å². The molecule has 0 aromatic heterocycles. The number of nitrogens with zero attached hydrogens (tertiary/aromatic N) is 2. The van der Waals surface area contributed by atoms with Crippen molar-refractivity contribution in [2.45, 2.75) is 63.7 Å². The van der Waals surface area contributed by atoms with Crippen LogP contribution in [0.25, 0.3) is 0 Å². The quantitative estimate of drug-likeness (QED) is 0.894. The summed E-state index contributed by atoms with van der Waals surface area (Å²) >= 11 is 6.15. The van der Waals surface area contributed by atoms with Crippen molar-refractivity contribution in [3.05, 3.63) is 34.9 Å². The van der Waals surface area contributed by atoms with E-state index in [0.29, 0.717) is 11.4 Å². The fourth-order valence-corrected chi connectivity index (χ4v) is 4.41. The van der Waals surface area contributed by atoms with Gasteiger partial charge >= 0.3 is 0 Å². The molecule has 0 unspecified atom stereocenters. The Morgan fingerprint density at radius 1 is 1.32 bits per heavy atom. The van der Waals surface area contributed by atoms with Gasteiger partial charge in [-0.3, -0.25) is 9.59 Å². The summed E-state index contributed by atoms with van der Waals surface area (Å²) in [7, 11) is 0. The van der Waals surface area contributed by atoms with Gasteiger partial charge in [0.25, 0.3) is 0 Å². The number of rotatable bonds is 4. The van der Waals surface area contributed by atoms with E-state index in [9.17, 15) is 9.59 Å². The lowest BCUT2D eigenvalue weighted by molar-refractivity contribution is -0.139. The average molecular weight is 364 g/mol. The van der Waals surface area contributed by atoms with Crippen LogP contribution in [0.4, 0.5) is 0 Å². The Kier molecular flexibility index (Phi) is 5.35. The average Bonchev–Trinajstić information content (AvgIpc) is 3.19. The van der Waals surface area contributed by atoms with Gasteiger partial charge in [0.05, 0.1) is 18.1 Å². The molecule has 0 aliphatic carbocycles. The van der Waals surface area contributed by atoms with Crippen molar-refractivity contribution < 1.29 is 9.59 Å². The van der Waals surface area contributed by atoms with E-state index in [1.54, 1.807) is 6.92 Å². The molecule has 2 saturated heterocycles. The number of carbonyl (C=O) groups excluding carboxylic acids is 2. The fourth-order valence-electron chi connectivity index (χ4n) is 4.21. The van der Waals surface area contributed by atoms with Crippen LogP contribution in [0.3, 0.4) is 0 Å². The van der Waals surface area contributed by atoms with Crippen molar-refractivity contribution in [3.63, 3.8) is 0 Å². The molecule has 1 aromatic carbocycles. The molecule has 6 heteroatoms. The number of hydrogen-bond donors (Lipinski definition) is 1. The minimum atomic E-state index is -0.566. The molecule has 136 valence electrons. The molecule has 2 fully saturated rings. The maximum Gasteiger partial charge on any atom is 0.240 e. The number of nitrogens with two attached hydrogens (primary N) is 1. The van der Waals surface area contributed by atoms with Crippen molar-refractivity contribution >= 4 is 23.4 Å². The second-order valence-corrected chi connectivity index (χ2v) is 7.62. The van der Waals surface area contributed by atoms with Crippen molar-refractivity contribution in [1.82, 2.24) is 9.80 Å². The molecule has 2 aliphatic heterocycles. The molecule has 0 radical (unpaired) electrons. The van der Waals surface area contributed by atoms with Crippen LogP contribution >= 0.6 is 11.6 Å². The maximum atomic E-state index is 12.9. The van der Waals surface area contributed by atoms with E-state index in [1.165, 1.54) is 0 Å². The molecule has 2 N–H and O–H groups in total. The number of hydrogen-bond acceptors (Lipinski definition) is 3. The van der Waals surface area contributed by atoms with Crippen molar-refractivity contribution in [1.29, 1.82) is 0 Å². The summed E-state index contributed by atoms with van der Waals surface area (Å²) in [6.07, 6.45) is 3.22. The zero-order valence-corrected chi connectivity index (χ0v) is 15.6. The minimum absolute atomic E-state index is 0.00174. The van der Waals surface area contributed by atoms with Crippen LogP contribution in [0.15, 0.2) is 24.3 Å². The highest BCUT2D eigenvalue weighted by Gasteiger charge is 2.44. The monoisotopic (exact) mass is 363 g/mol. The van der Waals surface area contributed by atoms with E-state index >= 15 is 0 Å². The van der Waals surface area contributed by atoms with Gasteiger partial charge in [-0.2, -0.15) is 0 Å². The zero-order chi connectivity index (χ0) is 18.1. The fraction of sp³-hybridized carbons (Fsp3) is 0.579. The summed E-state index contributed by atoms with van der Waals surface area (Å²) in [5, 5.41) is 0.664. The van der Waals surface area contributed by atoms with Crippen LogP contribution in [0.1, 0.15) is 51.1 Å². The number of likely N-dealkylation sites (tertiary alicyclic amines) is 2.